The predicted octanol–water partition coefficient (Wildman–Crippen LogP) is 6.67. The van der Waals surface area contributed by atoms with Crippen molar-refractivity contribution in [2.45, 2.75) is 39.5 Å². The van der Waals surface area contributed by atoms with Crippen molar-refractivity contribution in [1.82, 2.24) is 9.55 Å². The predicted molar refractivity (Wildman–Crippen MR) is 158 cm³/mol. The molecule has 0 bridgehead atoms. The Balaban J connectivity index is 0.000000467. The molecule has 2 heterocycles. The van der Waals surface area contributed by atoms with E-state index in [0.717, 1.165) is 15.7 Å². The summed E-state index contributed by atoms with van der Waals surface area (Å²) in [6.45, 7) is 4.02. The molecule has 210 valence electrons. The molecular weight excluding hydrogens is 528 g/mol. The number of anilines is 2. The van der Waals surface area contributed by atoms with Gasteiger partial charge in [0.15, 0.2) is 5.13 Å². The van der Waals surface area contributed by atoms with Crippen molar-refractivity contribution < 1.29 is 24.2 Å². The maximum Gasteiger partial charge on any atom is 0.416 e. The average molecular weight is 563 g/mol. The number of rotatable bonds is 6. The Bertz CT molecular complexity index is 1570. The van der Waals surface area contributed by atoms with Crippen LogP contribution in [-0.2, 0) is 0 Å². The number of fused-ring (bicyclic) bond motifs is 2. The van der Waals surface area contributed by atoms with Gasteiger partial charge in [-0.2, -0.15) is 0 Å². The molecule has 1 amide bonds. The quantitative estimate of drug-likeness (QED) is 0.252. The normalized spacial score (nSPS) is 17.1. The van der Waals surface area contributed by atoms with Gasteiger partial charge in [0.2, 0.25) is 0 Å². The Kier molecular flexibility index (Phi) is 7.71. The molecule has 6 rings (SSSR count). The van der Waals surface area contributed by atoms with Gasteiger partial charge in [-0.15, -0.1) is 11.3 Å². The van der Waals surface area contributed by atoms with Crippen LogP contribution in [0.25, 0.3) is 22.2 Å². The molecule has 2 aliphatic rings. The number of thiazole rings is 1. The first-order valence-electron chi connectivity index (χ1n) is 13.4. The lowest BCUT2D eigenvalue weighted by atomic mass is 10.1. The summed E-state index contributed by atoms with van der Waals surface area (Å²) in [5.74, 6) is 3.27. The van der Waals surface area contributed by atoms with E-state index in [4.69, 9.17) is 15.2 Å². The van der Waals surface area contributed by atoms with Crippen LogP contribution >= 0.6 is 11.3 Å². The zero-order valence-electron chi connectivity index (χ0n) is 23.1. The zero-order chi connectivity index (χ0) is 28.6. The molecule has 2 aliphatic carbocycles. The van der Waals surface area contributed by atoms with E-state index in [2.05, 4.69) is 4.98 Å². The third kappa shape index (κ3) is 5.23. The first-order valence-corrected chi connectivity index (χ1v) is 14.3. The summed E-state index contributed by atoms with van der Waals surface area (Å²) >= 11 is 1.28. The summed E-state index contributed by atoms with van der Waals surface area (Å²) in [4.78, 5) is 31.6. The third-order valence-electron chi connectivity index (χ3n) is 7.73. The highest BCUT2D eigenvalue weighted by Crippen LogP contribution is 2.51. The minimum atomic E-state index is -1.25. The van der Waals surface area contributed by atoms with Gasteiger partial charge >= 0.3 is 6.09 Å². The molecule has 0 aliphatic heterocycles. The molecule has 3 N–H and O–H groups in total. The minimum absolute atomic E-state index is 0.0151. The molecule has 2 fully saturated rings. The van der Waals surface area contributed by atoms with E-state index >= 15 is 0 Å². The van der Waals surface area contributed by atoms with E-state index in [9.17, 15) is 14.7 Å². The lowest BCUT2D eigenvalue weighted by Crippen LogP contribution is -2.33. The lowest BCUT2D eigenvalue weighted by molar-refractivity contribution is 0.0978. The fourth-order valence-electron chi connectivity index (χ4n) is 5.52. The van der Waals surface area contributed by atoms with Crippen LogP contribution in [0.1, 0.15) is 48.7 Å². The summed E-state index contributed by atoms with van der Waals surface area (Å²) in [5.41, 5.74) is 8.99. The number of benzene rings is 2. The number of nitrogen functional groups attached to an aromatic ring is 1. The van der Waals surface area contributed by atoms with Crippen LogP contribution in [0, 0.1) is 18.8 Å². The van der Waals surface area contributed by atoms with Crippen molar-refractivity contribution in [2.24, 2.45) is 11.8 Å². The van der Waals surface area contributed by atoms with Crippen LogP contribution in [0.3, 0.4) is 0 Å². The van der Waals surface area contributed by atoms with Gasteiger partial charge in [-0.05, 0) is 74.1 Å². The van der Waals surface area contributed by atoms with Crippen molar-refractivity contribution in [1.29, 1.82) is 0 Å². The van der Waals surface area contributed by atoms with Crippen LogP contribution in [0.15, 0.2) is 41.8 Å². The number of nitrogens with two attached hydrogens (primary N) is 1. The van der Waals surface area contributed by atoms with Crippen LogP contribution < -0.4 is 20.1 Å². The monoisotopic (exact) mass is 562 g/mol. The Hall–Kier alpha value is -4.05. The van der Waals surface area contributed by atoms with Gasteiger partial charge in [0, 0.05) is 28.6 Å². The van der Waals surface area contributed by atoms with Gasteiger partial charge in [-0.25, -0.2) is 14.3 Å². The highest BCUT2D eigenvalue weighted by Gasteiger charge is 2.40. The number of nitrogens with zero attached hydrogens (tertiary/aromatic N) is 3. The third-order valence-corrected chi connectivity index (χ3v) is 8.60. The summed E-state index contributed by atoms with van der Waals surface area (Å²) < 4.78 is 11.9. The maximum absolute atomic E-state index is 13.5. The molecule has 4 aromatic rings. The molecule has 0 radical (unpaired) electrons. The largest absolute Gasteiger partial charge is 0.496 e. The van der Waals surface area contributed by atoms with E-state index in [1.807, 2.05) is 24.4 Å². The van der Waals surface area contributed by atoms with Crippen LogP contribution in [0.4, 0.5) is 15.6 Å². The Labute approximate surface area is 237 Å². The van der Waals surface area contributed by atoms with Crippen LogP contribution in [-0.4, -0.2) is 47.4 Å². The number of carbonyl (C=O) groups is 2. The highest BCUT2D eigenvalue weighted by molar-refractivity contribution is 7.14. The number of hydrogen-bond donors (Lipinski definition) is 2. The zero-order valence-corrected chi connectivity index (χ0v) is 24.0. The summed E-state index contributed by atoms with van der Waals surface area (Å²) in [6.07, 6.45) is 4.99. The molecule has 2 aromatic heterocycles. The van der Waals surface area contributed by atoms with E-state index < -0.39 is 12.0 Å². The molecule has 2 unspecified atom stereocenters. The number of hydrogen-bond acceptors (Lipinski definition) is 7. The van der Waals surface area contributed by atoms with E-state index in [-0.39, 0.29) is 5.69 Å². The standard InChI is InChI=1S/C24H24N4O5S.C6H10/c1-5-27(22(29)19-10-14-9-15(25)6-7-18(14)28(19)24(30)31)23-26-17(12-34-23)16-11-20(32-3)13(2)8-21(16)33-4;1-2-5-4-6(5)3-1/h6-12H,5,25H2,1-4H3,(H,30,31);5-6H,1-4H2. The van der Waals surface area contributed by atoms with E-state index in [0.29, 0.717) is 45.5 Å². The van der Waals surface area contributed by atoms with Gasteiger partial charge in [0.25, 0.3) is 5.91 Å². The van der Waals surface area contributed by atoms with Gasteiger partial charge in [-0.3, -0.25) is 9.69 Å². The molecule has 40 heavy (non-hydrogen) atoms. The van der Waals surface area contributed by atoms with E-state index in [1.54, 1.807) is 58.6 Å². The summed E-state index contributed by atoms with van der Waals surface area (Å²) in [6, 6.07) is 10.1. The number of carboxylic acid groups (broad SMARTS) is 1. The van der Waals surface area contributed by atoms with Crippen LogP contribution in [0.5, 0.6) is 11.5 Å². The van der Waals surface area contributed by atoms with Crippen molar-refractivity contribution >= 4 is 45.1 Å². The summed E-state index contributed by atoms with van der Waals surface area (Å²) in [7, 11) is 3.18. The molecule has 10 heteroatoms. The lowest BCUT2D eigenvalue weighted by Gasteiger charge is -2.18. The smallest absolute Gasteiger partial charge is 0.416 e. The van der Waals surface area contributed by atoms with Gasteiger partial charge < -0.3 is 20.3 Å². The van der Waals surface area contributed by atoms with Crippen molar-refractivity contribution in [3.05, 3.63) is 53.0 Å². The topological polar surface area (TPSA) is 120 Å². The number of aryl methyl sites for hydroxylation is 1. The van der Waals surface area contributed by atoms with Gasteiger partial charge in [0.1, 0.15) is 17.2 Å². The Morgan fingerprint density at radius 2 is 1.85 bits per heavy atom. The van der Waals surface area contributed by atoms with Gasteiger partial charge in [0.05, 0.1) is 25.4 Å². The first kappa shape index (κ1) is 27.5. The Morgan fingerprint density at radius 3 is 2.42 bits per heavy atom. The number of ether oxygens (including phenoxy) is 2. The molecule has 9 nitrogen and oxygen atoms in total. The summed E-state index contributed by atoms with van der Waals surface area (Å²) in [5, 5.41) is 12.6. The molecule has 0 spiro atoms. The van der Waals surface area contributed by atoms with Crippen molar-refractivity contribution in [3.8, 4) is 22.8 Å². The molecular formula is C30H34N4O5S. The molecule has 2 saturated carbocycles. The number of methoxy groups -OCH3 is 2. The fourth-order valence-corrected chi connectivity index (χ4v) is 6.41. The maximum atomic E-state index is 13.5. The molecule has 2 atom stereocenters. The molecule has 2 aromatic carbocycles. The van der Waals surface area contributed by atoms with Gasteiger partial charge in [-0.1, -0.05) is 19.3 Å². The van der Waals surface area contributed by atoms with Crippen molar-refractivity contribution in [2.75, 3.05) is 31.4 Å². The van der Waals surface area contributed by atoms with E-state index in [1.165, 1.54) is 40.6 Å². The number of amides is 1. The van der Waals surface area contributed by atoms with Crippen LogP contribution in [0.2, 0.25) is 0 Å². The Morgan fingerprint density at radius 1 is 1.12 bits per heavy atom. The second kappa shape index (κ2) is 11.2. The SMILES string of the molecule is C1CC2CC2C1.CCN(C(=O)c1cc2cc(N)ccc2n1C(=O)O)c1nc(-c2cc(OC)c(C)cc2OC)cs1. The fraction of sp³-hybridized carbons (Fsp3) is 0.367. The number of carbonyl (C=O) groups excluding carboxylic acids is 1. The van der Waals surface area contributed by atoms with Crippen molar-refractivity contribution in [3.63, 3.8) is 0 Å². The number of aromatic nitrogens is 2. The first-order chi connectivity index (χ1) is 19.2. The second-order valence-corrected chi connectivity index (χ2v) is 11.1. The average Bonchev–Trinajstić information content (AvgIpc) is 3.30. The second-order valence-electron chi connectivity index (χ2n) is 10.2. The molecule has 0 saturated heterocycles. The highest BCUT2D eigenvalue weighted by atomic mass is 32.1. The minimum Gasteiger partial charge on any atom is -0.496 e.